The van der Waals surface area contributed by atoms with Gasteiger partial charge in [0.25, 0.3) is 0 Å². The minimum Gasteiger partial charge on any atom is -0.501 e. The van der Waals surface area contributed by atoms with Gasteiger partial charge in [-0.2, -0.15) is 0 Å². The molecule has 3 heterocycles. The van der Waals surface area contributed by atoms with Crippen molar-refractivity contribution in [2.45, 2.75) is 13.0 Å². The zero-order valence-corrected chi connectivity index (χ0v) is 12.1. The standard InChI is InChI=1S/C15H13ClN2O3/c1-21-10-4-6-18-11(7-10)12(15(19)20)13(16)14(18)9-3-2-5-17-8-9/h2-3,5,7-8H,4,6H2,1H3,(H,19,20). The topological polar surface area (TPSA) is 64.3 Å². The summed E-state index contributed by atoms with van der Waals surface area (Å²) >= 11 is 6.34. The number of carbonyl (C=O) groups is 1. The van der Waals surface area contributed by atoms with Gasteiger partial charge in [0.05, 0.1) is 29.3 Å². The predicted octanol–water partition coefficient (Wildman–Crippen LogP) is 3.29. The van der Waals surface area contributed by atoms with E-state index in [2.05, 4.69) is 4.98 Å². The molecule has 1 aliphatic rings. The summed E-state index contributed by atoms with van der Waals surface area (Å²) in [6.07, 6.45) is 5.77. The van der Waals surface area contributed by atoms with Crippen LogP contribution in [0.15, 0.2) is 30.3 Å². The third-order valence-corrected chi connectivity index (χ3v) is 3.90. The molecule has 21 heavy (non-hydrogen) atoms. The van der Waals surface area contributed by atoms with E-state index >= 15 is 0 Å². The van der Waals surface area contributed by atoms with Crippen LogP contribution < -0.4 is 0 Å². The fourth-order valence-corrected chi connectivity index (χ4v) is 2.97. The molecule has 0 aromatic carbocycles. The fourth-order valence-electron chi connectivity index (χ4n) is 2.58. The minimum atomic E-state index is -1.05. The Balaban J connectivity index is 2.29. The van der Waals surface area contributed by atoms with Crippen molar-refractivity contribution in [3.05, 3.63) is 46.6 Å². The van der Waals surface area contributed by atoms with Crippen molar-refractivity contribution in [2.24, 2.45) is 0 Å². The first-order valence-corrected chi connectivity index (χ1v) is 6.81. The van der Waals surface area contributed by atoms with Crippen molar-refractivity contribution < 1.29 is 14.6 Å². The number of halogens is 1. The Morgan fingerprint density at radius 3 is 2.95 bits per heavy atom. The number of fused-ring (bicyclic) bond motifs is 1. The lowest BCUT2D eigenvalue weighted by atomic mass is 10.1. The molecule has 0 saturated heterocycles. The van der Waals surface area contributed by atoms with Gasteiger partial charge in [-0.15, -0.1) is 0 Å². The summed E-state index contributed by atoms with van der Waals surface area (Å²) in [5.74, 6) is -0.301. The zero-order valence-electron chi connectivity index (χ0n) is 11.3. The summed E-state index contributed by atoms with van der Waals surface area (Å²) < 4.78 is 7.15. The van der Waals surface area contributed by atoms with Crippen LogP contribution in [0.3, 0.4) is 0 Å². The van der Waals surface area contributed by atoms with Crippen LogP contribution in [0.4, 0.5) is 0 Å². The summed E-state index contributed by atoms with van der Waals surface area (Å²) in [5.41, 5.74) is 2.15. The van der Waals surface area contributed by atoms with E-state index in [0.717, 1.165) is 11.3 Å². The zero-order chi connectivity index (χ0) is 15.0. The summed E-state index contributed by atoms with van der Waals surface area (Å²) in [5, 5.41) is 9.69. The van der Waals surface area contributed by atoms with Crippen molar-refractivity contribution >= 4 is 23.6 Å². The number of nitrogens with zero attached hydrogens (tertiary/aromatic N) is 2. The van der Waals surface area contributed by atoms with Crippen LogP contribution in [0.25, 0.3) is 17.3 Å². The molecular formula is C15H13ClN2O3. The van der Waals surface area contributed by atoms with Crippen LogP contribution in [0.1, 0.15) is 22.5 Å². The Morgan fingerprint density at radius 1 is 1.52 bits per heavy atom. The van der Waals surface area contributed by atoms with Gasteiger partial charge < -0.3 is 14.4 Å². The maximum absolute atomic E-state index is 11.5. The Kier molecular flexibility index (Phi) is 3.43. The maximum atomic E-state index is 11.5. The van der Waals surface area contributed by atoms with E-state index in [9.17, 15) is 9.90 Å². The molecule has 108 valence electrons. The monoisotopic (exact) mass is 304 g/mol. The first-order chi connectivity index (χ1) is 10.1. The Morgan fingerprint density at radius 2 is 2.33 bits per heavy atom. The number of rotatable bonds is 3. The first-order valence-electron chi connectivity index (χ1n) is 6.43. The molecule has 0 amide bonds. The lowest BCUT2D eigenvalue weighted by Gasteiger charge is -2.18. The average Bonchev–Trinajstić information content (AvgIpc) is 2.79. The van der Waals surface area contributed by atoms with E-state index in [-0.39, 0.29) is 10.6 Å². The fraction of sp³-hybridized carbons (Fsp3) is 0.200. The van der Waals surface area contributed by atoms with Gasteiger partial charge in [-0.25, -0.2) is 4.79 Å². The van der Waals surface area contributed by atoms with Gasteiger partial charge in [0, 0.05) is 37.0 Å². The second-order valence-electron chi connectivity index (χ2n) is 4.69. The van der Waals surface area contributed by atoms with Crippen LogP contribution >= 0.6 is 11.6 Å². The van der Waals surface area contributed by atoms with Crippen LogP contribution in [-0.4, -0.2) is 27.7 Å². The largest absolute Gasteiger partial charge is 0.501 e. The molecule has 0 aliphatic carbocycles. The molecule has 2 aromatic heterocycles. The molecule has 5 nitrogen and oxygen atoms in total. The van der Waals surface area contributed by atoms with E-state index in [1.165, 1.54) is 0 Å². The highest BCUT2D eigenvalue weighted by Crippen LogP contribution is 2.39. The maximum Gasteiger partial charge on any atom is 0.339 e. The second-order valence-corrected chi connectivity index (χ2v) is 5.06. The number of pyridine rings is 1. The second kappa shape index (κ2) is 5.26. The Labute approximate surface area is 126 Å². The SMILES string of the molecule is COC1=Cc2c(C(=O)O)c(Cl)c(-c3cccnc3)n2CC1. The molecule has 0 radical (unpaired) electrons. The first kappa shape index (κ1) is 13.7. The number of hydrogen-bond acceptors (Lipinski definition) is 3. The van der Waals surface area contributed by atoms with Crippen LogP contribution in [0.5, 0.6) is 0 Å². The summed E-state index contributed by atoms with van der Waals surface area (Å²) in [6, 6.07) is 3.66. The number of allylic oxidation sites excluding steroid dienone is 1. The average molecular weight is 305 g/mol. The number of aromatic carboxylic acids is 1. The molecule has 0 saturated carbocycles. The van der Waals surface area contributed by atoms with E-state index in [1.54, 1.807) is 31.6 Å². The van der Waals surface area contributed by atoms with Gasteiger partial charge in [0.1, 0.15) is 5.56 Å². The van der Waals surface area contributed by atoms with E-state index in [1.807, 2.05) is 10.6 Å². The molecule has 3 rings (SSSR count). The van der Waals surface area contributed by atoms with Crippen LogP contribution in [0, 0.1) is 0 Å². The van der Waals surface area contributed by atoms with Crippen molar-refractivity contribution in [1.29, 1.82) is 0 Å². The smallest absolute Gasteiger partial charge is 0.339 e. The highest BCUT2D eigenvalue weighted by molar-refractivity contribution is 6.36. The van der Waals surface area contributed by atoms with Gasteiger partial charge in [-0.1, -0.05) is 11.6 Å². The lowest BCUT2D eigenvalue weighted by molar-refractivity contribution is 0.0696. The van der Waals surface area contributed by atoms with Crippen molar-refractivity contribution in [3.63, 3.8) is 0 Å². The number of methoxy groups -OCH3 is 1. The third kappa shape index (κ3) is 2.19. The number of hydrogen-bond donors (Lipinski definition) is 1. The lowest BCUT2D eigenvalue weighted by Crippen LogP contribution is -2.11. The molecule has 0 fully saturated rings. The molecule has 1 aliphatic heterocycles. The minimum absolute atomic E-state index is 0.102. The Bertz CT molecular complexity index is 735. The van der Waals surface area contributed by atoms with Crippen molar-refractivity contribution in [3.8, 4) is 11.3 Å². The highest BCUT2D eigenvalue weighted by Gasteiger charge is 2.28. The number of aromatic nitrogens is 2. The van der Waals surface area contributed by atoms with E-state index in [4.69, 9.17) is 16.3 Å². The van der Waals surface area contributed by atoms with Crippen molar-refractivity contribution in [1.82, 2.24) is 9.55 Å². The van der Waals surface area contributed by atoms with Gasteiger partial charge in [-0.05, 0) is 12.1 Å². The third-order valence-electron chi connectivity index (χ3n) is 3.53. The van der Waals surface area contributed by atoms with Gasteiger partial charge in [0.15, 0.2) is 0 Å². The predicted molar refractivity (Wildman–Crippen MR) is 79.2 cm³/mol. The molecule has 0 atom stereocenters. The number of carboxylic acids is 1. The van der Waals surface area contributed by atoms with E-state index in [0.29, 0.717) is 24.4 Å². The van der Waals surface area contributed by atoms with Gasteiger partial charge in [0.2, 0.25) is 0 Å². The molecule has 0 unspecified atom stereocenters. The van der Waals surface area contributed by atoms with Crippen molar-refractivity contribution in [2.75, 3.05) is 7.11 Å². The molecule has 2 aromatic rings. The van der Waals surface area contributed by atoms with Gasteiger partial charge in [-0.3, -0.25) is 4.98 Å². The normalized spacial score (nSPS) is 13.5. The van der Waals surface area contributed by atoms with Gasteiger partial charge >= 0.3 is 5.97 Å². The summed E-state index contributed by atoms with van der Waals surface area (Å²) in [4.78, 5) is 15.6. The highest BCUT2D eigenvalue weighted by atomic mass is 35.5. The van der Waals surface area contributed by atoms with Crippen LogP contribution in [-0.2, 0) is 11.3 Å². The molecular weight excluding hydrogens is 292 g/mol. The molecule has 6 heteroatoms. The van der Waals surface area contributed by atoms with Crippen LogP contribution in [0.2, 0.25) is 5.02 Å². The molecule has 1 N–H and O–H groups in total. The summed E-state index contributed by atoms with van der Waals surface area (Å²) in [7, 11) is 1.58. The molecule has 0 bridgehead atoms. The molecule has 0 spiro atoms. The quantitative estimate of drug-likeness (QED) is 0.945. The Hall–Kier alpha value is -2.27. The number of carboxylic acid groups (broad SMARTS) is 1. The number of ether oxygens (including phenoxy) is 1. The van der Waals surface area contributed by atoms with E-state index < -0.39 is 5.97 Å². The summed E-state index contributed by atoms with van der Waals surface area (Å²) in [6.45, 7) is 0.617.